The predicted molar refractivity (Wildman–Crippen MR) is 143 cm³/mol. The number of pyridine rings is 1. The van der Waals surface area contributed by atoms with Crippen LogP contribution in [0.3, 0.4) is 0 Å². The Morgan fingerprint density at radius 2 is 1.79 bits per heavy atom. The van der Waals surface area contributed by atoms with Gasteiger partial charge in [-0.05, 0) is 62.4 Å². The second kappa shape index (κ2) is 12.4. The standard InChI is InChI=1S/C29H35F4N3O3/c1-35(2)26-17-34-25-5-4-20(38-3)16-21(25)27(26)22(31)6-7-29(18-37)8-10-36(11-9-29)12-13-39-28-23(32)14-19(30)15-24(28)33/h4-5,14-17,22,37H,6-13,18H2,1-3H3/t22-/m0/s1. The molecule has 4 rings (SSSR count). The Hall–Kier alpha value is -3.11. The molecule has 1 aliphatic rings. The van der Waals surface area contributed by atoms with Gasteiger partial charge in [0.1, 0.15) is 24.3 Å². The zero-order chi connectivity index (χ0) is 28.2. The van der Waals surface area contributed by atoms with Crippen molar-refractivity contribution in [3.05, 3.63) is 59.5 Å². The van der Waals surface area contributed by atoms with Crippen LogP contribution < -0.4 is 14.4 Å². The monoisotopic (exact) mass is 549 g/mol. The first kappa shape index (κ1) is 28.9. The molecule has 2 aromatic carbocycles. The Labute approximate surface area is 226 Å². The van der Waals surface area contributed by atoms with E-state index in [1.165, 1.54) is 0 Å². The molecular formula is C29H35F4N3O3. The molecule has 2 heterocycles. The summed E-state index contributed by atoms with van der Waals surface area (Å²) in [5, 5.41) is 11.0. The van der Waals surface area contributed by atoms with Crippen LogP contribution in [0, 0.1) is 22.9 Å². The number of anilines is 1. The highest BCUT2D eigenvalue weighted by molar-refractivity contribution is 5.88. The van der Waals surface area contributed by atoms with Crippen LogP contribution in [-0.4, -0.2) is 69.0 Å². The van der Waals surface area contributed by atoms with Gasteiger partial charge in [0.15, 0.2) is 17.4 Å². The number of rotatable bonds is 11. The Kier molecular flexibility index (Phi) is 9.17. The molecule has 1 fully saturated rings. The first-order valence-electron chi connectivity index (χ1n) is 13.0. The summed E-state index contributed by atoms with van der Waals surface area (Å²) in [6.45, 7) is 1.66. The highest BCUT2D eigenvalue weighted by atomic mass is 19.1. The van der Waals surface area contributed by atoms with E-state index in [0.717, 1.165) is 0 Å². The molecule has 1 saturated heterocycles. The van der Waals surface area contributed by atoms with Crippen LogP contribution in [0.2, 0.25) is 0 Å². The lowest BCUT2D eigenvalue weighted by Gasteiger charge is -2.41. The summed E-state index contributed by atoms with van der Waals surface area (Å²) in [4.78, 5) is 8.41. The second-order valence-corrected chi connectivity index (χ2v) is 10.4. The first-order valence-corrected chi connectivity index (χ1v) is 13.0. The van der Waals surface area contributed by atoms with Crippen LogP contribution in [0.25, 0.3) is 10.9 Å². The van der Waals surface area contributed by atoms with Gasteiger partial charge in [-0.1, -0.05) is 0 Å². The third-order valence-electron chi connectivity index (χ3n) is 7.69. The molecule has 0 bridgehead atoms. The fourth-order valence-corrected chi connectivity index (χ4v) is 5.25. The fraction of sp³-hybridized carbons (Fsp3) is 0.483. The molecule has 1 atom stereocenters. The van der Waals surface area contributed by atoms with Gasteiger partial charge in [-0.25, -0.2) is 17.6 Å². The number of piperidine rings is 1. The molecule has 6 nitrogen and oxygen atoms in total. The average molecular weight is 550 g/mol. The van der Waals surface area contributed by atoms with Gasteiger partial charge in [0, 0.05) is 50.3 Å². The normalized spacial score (nSPS) is 16.3. The highest BCUT2D eigenvalue weighted by Gasteiger charge is 2.35. The highest BCUT2D eigenvalue weighted by Crippen LogP contribution is 2.42. The van der Waals surface area contributed by atoms with Gasteiger partial charge in [-0.2, -0.15) is 0 Å². The molecule has 39 heavy (non-hydrogen) atoms. The van der Waals surface area contributed by atoms with Crippen molar-refractivity contribution in [2.45, 2.75) is 31.9 Å². The summed E-state index contributed by atoms with van der Waals surface area (Å²) in [5.74, 6) is -3.13. The lowest BCUT2D eigenvalue weighted by atomic mass is 9.74. The molecule has 0 radical (unpaired) electrons. The van der Waals surface area contributed by atoms with Crippen LogP contribution in [0.4, 0.5) is 23.2 Å². The summed E-state index contributed by atoms with van der Waals surface area (Å²) in [5.41, 5.74) is 1.53. The molecule has 0 unspecified atom stereocenters. The summed E-state index contributed by atoms with van der Waals surface area (Å²) < 4.78 is 67.3. The molecule has 0 spiro atoms. The fourth-order valence-electron chi connectivity index (χ4n) is 5.25. The number of likely N-dealkylation sites (tertiary alicyclic amines) is 1. The zero-order valence-electron chi connectivity index (χ0n) is 22.5. The van der Waals surface area contributed by atoms with Gasteiger partial charge in [-0.15, -0.1) is 0 Å². The van der Waals surface area contributed by atoms with E-state index in [4.69, 9.17) is 9.47 Å². The third kappa shape index (κ3) is 6.55. The minimum Gasteiger partial charge on any atom is -0.497 e. The van der Waals surface area contributed by atoms with Crippen molar-refractivity contribution in [3.63, 3.8) is 0 Å². The second-order valence-electron chi connectivity index (χ2n) is 10.4. The van der Waals surface area contributed by atoms with Gasteiger partial charge in [0.2, 0.25) is 0 Å². The number of benzene rings is 2. The van der Waals surface area contributed by atoms with Gasteiger partial charge < -0.3 is 19.5 Å². The maximum atomic E-state index is 16.0. The number of methoxy groups -OCH3 is 1. The van der Waals surface area contributed by atoms with Gasteiger partial charge in [-0.3, -0.25) is 9.88 Å². The van der Waals surface area contributed by atoms with E-state index in [1.54, 1.807) is 19.4 Å². The van der Waals surface area contributed by atoms with E-state index in [9.17, 15) is 18.3 Å². The van der Waals surface area contributed by atoms with E-state index in [-0.39, 0.29) is 19.6 Å². The Balaban J connectivity index is 1.38. The Morgan fingerprint density at radius 1 is 1.10 bits per heavy atom. The average Bonchev–Trinajstić information content (AvgIpc) is 2.92. The Morgan fingerprint density at radius 3 is 2.41 bits per heavy atom. The predicted octanol–water partition coefficient (Wildman–Crippen LogP) is 5.67. The quantitative estimate of drug-likeness (QED) is 0.311. The molecule has 0 saturated carbocycles. The van der Waals surface area contributed by atoms with Crippen molar-refractivity contribution in [2.75, 3.05) is 59.0 Å². The molecule has 212 valence electrons. The number of aromatic nitrogens is 1. The summed E-state index contributed by atoms with van der Waals surface area (Å²) in [6, 6.07) is 6.59. The van der Waals surface area contributed by atoms with Gasteiger partial charge in [0.05, 0.1) is 24.5 Å². The third-order valence-corrected chi connectivity index (χ3v) is 7.69. The number of nitrogens with zero attached hydrogens (tertiary/aromatic N) is 3. The summed E-state index contributed by atoms with van der Waals surface area (Å²) in [6.07, 6.45) is 2.46. The number of aliphatic hydroxyl groups is 1. The van der Waals surface area contributed by atoms with Crippen molar-refractivity contribution >= 4 is 16.6 Å². The molecule has 10 heteroatoms. The lowest BCUT2D eigenvalue weighted by Crippen LogP contribution is -2.43. The number of halogens is 4. The van der Waals surface area contributed by atoms with Crippen molar-refractivity contribution in [1.82, 2.24) is 9.88 Å². The number of aliphatic hydroxyl groups excluding tert-OH is 1. The minimum atomic E-state index is -1.27. The van der Waals surface area contributed by atoms with Gasteiger partial charge in [0.25, 0.3) is 0 Å². The number of hydrogen-bond donors (Lipinski definition) is 1. The molecule has 1 N–H and O–H groups in total. The van der Waals surface area contributed by atoms with Gasteiger partial charge >= 0.3 is 0 Å². The smallest absolute Gasteiger partial charge is 0.190 e. The van der Waals surface area contributed by atoms with E-state index in [0.29, 0.717) is 78.9 Å². The molecular weight excluding hydrogens is 514 g/mol. The number of fused-ring (bicyclic) bond motifs is 1. The number of ether oxygens (including phenoxy) is 2. The summed E-state index contributed by atoms with van der Waals surface area (Å²) >= 11 is 0. The number of alkyl halides is 1. The van der Waals surface area contributed by atoms with E-state index < -0.39 is 34.8 Å². The van der Waals surface area contributed by atoms with Crippen LogP contribution in [0.5, 0.6) is 11.5 Å². The van der Waals surface area contributed by atoms with Crippen LogP contribution >= 0.6 is 0 Å². The molecule has 0 amide bonds. The maximum Gasteiger partial charge on any atom is 0.190 e. The van der Waals surface area contributed by atoms with Crippen molar-refractivity contribution in [2.24, 2.45) is 5.41 Å². The van der Waals surface area contributed by atoms with E-state index in [2.05, 4.69) is 9.88 Å². The zero-order valence-corrected chi connectivity index (χ0v) is 22.5. The topological polar surface area (TPSA) is 58.1 Å². The Bertz CT molecular complexity index is 1260. The maximum absolute atomic E-state index is 16.0. The van der Waals surface area contributed by atoms with Crippen LogP contribution in [0.15, 0.2) is 36.5 Å². The molecule has 3 aromatic rings. The van der Waals surface area contributed by atoms with Crippen LogP contribution in [-0.2, 0) is 0 Å². The molecule has 1 aliphatic heterocycles. The minimum absolute atomic E-state index is 0.0318. The lowest BCUT2D eigenvalue weighted by molar-refractivity contribution is 0.0263. The molecule has 1 aromatic heterocycles. The number of hydrogen-bond acceptors (Lipinski definition) is 6. The van der Waals surface area contributed by atoms with Crippen LogP contribution in [0.1, 0.15) is 37.4 Å². The van der Waals surface area contributed by atoms with Crippen molar-refractivity contribution in [3.8, 4) is 11.5 Å². The van der Waals surface area contributed by atoms with Crippen molar-refractivity contribution < 1.29 is 32.1 Å². The first-order chi connectivity index (χ1) is 18.7. The van der Waals surface area contributed by atoms with E-state index >= 15 is 4.39 Å². The van der Waals surface area contributed by atoms with E-state index in [1.807, 2.05) is 31.1 Å². The molecule has 0 aliphatic carbocycles. The SMILES string of the molecule is COc1ccc2ncc(N(C)C)c([C@@H](F)CCC3(CO)CCN(CCOc4c(F)cc(F)cc4F)CC3)c2c1. The van der Waals surface area contributed by atoms with Crippen molar-refractivity contribution in [1.29, 1.82) is 0 Å². The largest absolute Gasteiger partial charge is 0.497 e. The summed E-state index contributed by atoms with van der Waals surface area (Å²) in [7, 11) is 5.28.